The van der Waals surface area contributed by atoms with Crippen LogP contribution >= 0.6 is 0 Å². The number of pyridine rings is 1. The van der Waals surface area contributed by atoms with Crippen molar-refractivity contribution in [2.24, 2.45) is 0 Å². The largest absolute Gasteiger partial charge is 0.390 e. The predicted molar refractivity (Wildman–Crippen MR) is 97.0 cm³/mol. The zero-order valence-electron chi connectivity index (χ0n) is 15.3. The van der Waals surface area contributed by atoms with Gasteiger partial charge in [0, 0.05) is 46.0 Å². The van der Waals surface area contributed by atoms with Gasteiger partial charge in [0.15, 0.2) is 5.69 Å². The second-order valence-electron chi connectivity index (χ2n) is 6.91. The number of carbonyl (C=O) groups is 1. The second-order valence-corrected chi connectivity index (χ2v) is 6.91. The second kappa shape index (κ2) is 7.84. The van der Waals surface area contributed by atoms with Crippen molar-refractivity contribution in [2.75, 3.05) is 32.1 Å². The number of rotatable bonds is 5. The SMILES string of the molecule is Cc1cc(C(=O)N[C@@H]2CCN(Cc3ccc(N(C)C)nc3)C[C@H]2O)no1. The predicted octanol–water partition coefficient (Wildman–Crippen LogP) is 0.809. The number of amides is 1. The molecule has 2 aromatic rings. The molecular formula is C18H25N5O3. The molecule has 1 amide bonds. The molecular weight excluding hydrogens is 334 g/mol. The number of aliphatic hydroxyl groups excluding tert-OH is 1. The van der Waals surface area contributed by atoms with Crippen molar-refractivity contribution in [3.05, 3.63) is 41.4 Å². The Hall–Kier alpha value is -2.45. The average Bonchev–Trinajstić information content (AvgIpc) is 3.04. The summed E-state index contributed by atoms with van der Waals surface area (Å²) in [6.45, 7) is 3.74. The summed E-state index contributed by atoms with van der Waals surface area (Å²) in [6.07, 6.45) is 1.91. The third-order valence-corrected chi connectivity index (χ3v) is 4.52. The molecule has 0 spiro atoms. The maximum absolute atomic E-state index is 12.2. The van der Waals surface area contributed by atoms with Crippen LogP contribution in [0.3, 0.4) is 0 Å². The zero-order valence-corrected chi connectivity index (χ0v) is 15.3. The van der Waals surface area contributed by atoms with Crippen LogP contribution in [0.1, 0.15) is 28.2 Å². The van der Waals surface area contributed by atoms with Crippen molar-refractivity contribution in [1.82, 2.24) is 20.4 Å². The van der Waals surface area contributed by atoms with Crippen LogP contribution in [0.15, 0.2) is 28.9 Å². The molecule has 1 saturated heterocycles. The Bertz CT molecular complexity index is 744. The van der Waals surface area contributed by atoms with Crippen molar-refractivity contribution >= 4 is 11.7 Å². The highest BCUT2D eigenvalue weighted by Gasteiger charge is 2.29. The van der Waals surface area contributed by atoms with Crippen molar-refractivity contribution in [2.45, 2.75) is 32.0 Å². The maximum atomic E-state index is 12.2. The molecule has 1 aliphatic rings. The molecule has 2 atom stereocenters. The van der Waals surface area contributed by atoms with Crippen molar-refractivity contribution < 1.29 is 14.4 Å². The highest BCUT2D eigenvalue weighted by atomic mass is 16.5. The van der Waals surface area contributed by atoms with Gasteiger partial charge in [-0.1, -0.05) is 11.2 Å². The number of β-amino-alcohol motifs (C(OH)–C–C–N with tert-alkyl or cyclic N) is 1. The fourth-order valence-corrected chi connectivity index (χ4v) is 3.06. The van der Waals surface area contributed by atoms with Crippen LogP contribution in [0.25, 0.3) is 0 Å². The molecule has 3 heterocycles. The van der Waals surface area contributed by atoms with Crippen LogP contribution < -0.4 is 10.2 Å². The molecule has 0 saturated carbocycles. The quantitative estimate of drug-likeness (QED) is 0.816. The lowest BCUT2D eigenvalue weighted by atomic mass is 10.0. The first-order valence-electron chi connectivity index (χ1n) is 8.69. The Balaban J connectivity index is 1.52. The number of piperidine rings is 1. The number of aryl methyl sites for hydroxylation is 1. The molecule has 0 radical (unpaired) electrons. The van der Waals surface area contributed by atoms with Crippen LogP contribution in [0.4, 0.5) is 5.82 Å². The van der Waals surface area contributed by atoms with Gasteiger partial charge in [-0.3, -0.25) is 9.69 Å². The Labute approximate surface area is 152 Å². The Morgan fingerprint density at radius 2 is 2.27 bits per heavy atom. The molecule has 140 valence electrons. The van der Waals surface area contributed by atoms with Crippen LogP contribution in [0, 0.1) is 6.92 Å². The van der Waals surface area contributed by atoms with E-state index in [1.54, 1.807) is 13.0 Å². The molecule has 2 aromatic heterocycles. The maximum Gasteiger partial charge on any atom is 0.273 e. The third kappa shape index (κ3) is 4.39. The van der Waals surface area contributed by atoms with E-state index in [1.807, 2.05) is 31.3 Å². The number of aromatic nitrogens is 2. The summed E-state index contributed by atoms with van der Waals surface area (Å²) in [4.78, 5) is 20.7. The lowest BCUT2D eigenvalue weighted by Gasteiger charge is -2.36. The molecule has 0 bridgehead atoms. The number of nitrogens with one attached hydrogen (secondary N) is 1. The molecule has 1 fully saturated rings. The van der Waals surface area contributed by atoms with E-state index >= 15 is 0 Å². The highest BCUT2D eigenvalue weighted by Crippen LogP contribution is 2.16. The van der Waals surface area contributed by atoms with E-state index in [0.29, 0.717) is 18.7 Å². The zero-order chi connectivity index (χ0) is 18.7. The molecule has 2 N–H and O–H groups in total. The lowest BCUT2D eigenvalue weighted by Crippen LogP contribution is -2.53. The normalized spacial score (nSPS) is 20.8. The Morgan fingerprint density at radius 1 is 1.46 bits per heavy atom. The van der Waals surface area contributed by atoms with Gasteiger partial charge in [-0.05, 0) is 25.0 Å². The number of hydrogen-bond acceptors (Lipinski definition) is 7. The summed E-state index contributed by atoms with van der Waals surface area (Å²) in [7, 11) is 3.91. The monoisotopic (exact) mass is 359 g/mol. The van der Waals surface area contributed by atoms with Gasteiger partial charge in [-0.25, -0.2) is 4.98 Å². The Kier molecular flexibility index (Phi) is 5.53. The van der Waals surface area contributed by atoms with E-state index in [0.717, 1.165) is 24.5 Å². The van der Waals surface area contributed by atoms with Crippen LogP contribution in [-0.2, 0) is 6.54 Å². The summed E-state index contributed by atoms with van der Waals surface area (Å²) in [5, 5.41) is 17.0. The van der Waals surface area contributed by atoms with E-state index in [4.69, 9.17) is 4.52 Å². The van der Waals surface area contributed by atoms with E-state index in [9.17, 15) is 9.90 Å². The summed E-state index contributed by atoms with van der Waals surface area (Å²) in [6, 6.07) is 5.33. The molecule has 0 aromatic carbocycles. The topological polar surface area (TPSA) is 94.7 Å². The number of carbonyl (C=O) groups excluding carboxylic acids is 1. The lowest BCUT2D eigenvalue weighted by molar-refractivity contribution is 0.0347. The van der Waals surface area contributed by atoms with Crippen molar-refractivity contribution in [1.29, 1.82) is 0 Å². The van der Waals surface area contributed by atoms with Gasteiger partial charge in [0.1, 0.15) is 11.6 Å². The molecule has 0 unspecified atom stereocenters. The van der Waals surface area contributed by atoms with E-state index < -0.39 is 6.10 Å². The smallest absolute Gasteiger partial charge is 0.273 e. The first-order valence-corrected chi connectivity index (χ1v) is 8.69. The van der Waals surface area contributed by atoms with Gasteiger partial charge in [0.25, 0.3) is 5.91 Å². The van der Waals surface area contributed by atoms with Crippen LogP contribution in [-0.4, -0.2) is 65.4 Å². The summed E-state index contributed by atoms with van der Waals surface area (Å²) in [5.74, 6) is 1.18. The van der Waals surface area contributed by atoms with E-state index in [-0.39, 0.29) is 17.6 Å². The third-order valence-electron chi connectivity index (χ3n) is 4.52. The van der Waals surface area contributed by atoms with Gasteiger partial charge in [-0.15, -0.1) is 0 Å². The van der Waals surface area contributed by atoms with E-state index in [2.05, 4.69) is 26.4 Å². The number of nitrogens with zero attached hydrogens (tertiary/aromatic N) is 4. The average molecular weight is 359 g/mol. The first kappa shape index (κ1) is 18.3. The minimum absolute atomic E-state index is 0.240. The molecule has 0 aliphatic carbocycles. The number of likely N-dealkylation sites (tertiary alicyclic amines) is 1. The minimum atomic E-state index is -0.630. The summed E-state index contributed by atoms with van der Waals surface area (Å²) in [5.41, 5.74) is 1.34. The molecule has 3 rings (SSSR count). The van der Waals surface area contributed by atoms with Crippen LogP contribution in [0.5, 0.6) is 0 Å². The van der Waals surface area contributed by atoms with Crippen molar-refractivity contribution in [3.8, 4) is 0 Å². The first-order chi connectivity index (χ1) is 12.4. The molecule has 8 nitrogen and oxygen atoms in total. The fourth-order valence-electron chi connectivity index (χ4n) is 3.06. The minimum Gasteiger partial charge on any atom is -0.390 e. The highest BCUT2D eigenvalue weighted by molar-refractivity contribution is 5.92. The van der Waals surface area contributed by atoms with Crippen molar-refractivity contribution in [3.63, 3.8) is 0 Å². The van der Waals surface area contributed by atoms with Crippen LogP contribution in [0.2, 0.25) is 0 Å². The Morgan fingerprint density at radius 3 is 2.85 bits per heavy atom. The van der Waals surface area contributed by atoms with Gasteiger partial charge >= 0.3 is 0 Å². The number of anilines is 1. The molecule has 8 heteroatoms. The molecule has 1 aliphatic heterocycles. The summed E-state index contributed by atoms with van der Waals surface area (Å²) < 4.78 is 4.92. The van der Waals surface area contributed by atoms with Gasteiger partial charge in [0.2, 0.25) is 0 Å². The summed E-state index contributed by atoms with van der Waals surface area (Å²) >= 11 is 0. The van der Waals surface area contributed by atoms with E-state index in [1.165, 1.54) is 0 Å². The number of aliphatic hydroxyl groups is 1. The molecule has 26 heavy (non-hydrogen) atoms. The van der Waals surface area contributed by atoms with Gasteiger partial charge in [-0.2, -0.15) is 0 Å². The fraction of sp³-hybridized carbons (Fsp3) is 0.500. The standard InChI is InChI=1S/C18H25N5O3/c1-12-8-15(21-26-12)18(25)20-14-6-7-23(11-16(14)24)10-13-4-5-17(19-9-13)22(2)3/h4-5,8-9,14,16,24H,6-7,10-11H2,1-3H3,(H,20,25)/t14-,16-/m1/s1. The van der Waals surface area contributed by atoms with Gasteiger partial charge < -0.3 is 19.8 Å². The number of hydrogen-bond donors (Lipinski definition) is 2. The van der Waals surface area contributed by atoms with Gasteiger partial charge in [0.05, 0.1) is 12.1 Å².